The summed E-state index contributed by atoms with van der Waals surface area (Å²) in [6, 6.07) is 5.84. The Morgan fingerprint density at radius 2 is 2.00 bits per heavy atom. The monoisotopic (exact) mass is 197 g/mol. The van der Waals surface area contributed by atoms with Gasteiger partial charge in [0.15, 0.2) is 0 Å². The number of hydrogen-bond acceptors (Lipinski definition) is 1. The minimum Gasteiger partial charge on any atom is -0.329 e. The predicted octanol–water partition coefficient (Wildman–Crippen LogP) is 1.45. The summed E-state index contributed by atoms with van der Waals surface area (Å²) >= 11 is 0. The van der Waals surface area contributed by atoms with Gasteiger partial charge in [-0.1, -0.05) is 31.4 Å². The maximum atomic E-state index is 11.6. The maximum Gasteiger partial charge on any atom is 0.255 e. The van der Waals surface area contributed by atoms with Crippen molar-refractivity contribution < 1.29 is 0 Å². The van der Waals surface area contributed by atoms with Gasteiger partial charge in [0.1, 0.15) is 7.85 Å². The number of aromatic nitrogens is 1. The molecular weight excluding hydrogens is 185 g/mol. The van der Waals surface area contributed by atoms with Crippen molar-refractivity contribution in [2.45, 2.75) is 19.8 Å². The van der Waals surface area contributed by atoms with E-state index >= 15 is 0 Å². The maximum absolute atomic E-state index is 11.6. The van der Waals surface area contributed by atoms with Crippen LogP contribution in [0.5, 0.6) is 0 Å². The highest BCUT2D eigenvalue weighted by Crippen LogP contribution is 2.17. The lowest BCUT2D eigenvalue weighted by Gasteiger charge is -2.07. The van der Waals surface area contributed by atoms with Crippen molar-refractivity contribution in [2.75, 3.05) is 0 Å². The molecule has 0 bridgehead atoms. The molecule has 0 fully saturated rings. The minimum atomic E-state index is -0.0818. The van der Waals surface area contributed by atoms with Crippen molar-refractivity contribution >= 4 is 24.1 Å². The molecule has 1 aromatic carbocycles. The van der Waals surface area contributed by atoms with E-state index in [2.05, 4.69) is 18.8 Å². The molecule has 74 valence electrons. The molecule has 0 spiro atoms. The Kier molecular flexibility index (Phi) is 2.39. The zero-order valence-corrected chi connectivity index (χ0v) is 8.87. The van der Waals surface area contributed by atoms with Crippen LogP contribution in [0.25, 0.3) is 10.8 Å². The van der Waals surface area contributed by atoms with E-state index in [1.807, 2.05) is 18.2 Å². The molecule has 1 N–H and O–H groups in total. The van der Waals surface area contributed by atoms with Crippen molar-refractivity contribution in [1.82, 2.24) is 4.98 Å². The summed E-state index contributed by atoms with van der Waals surface area (Å²) in [7, 11) is 5.78. The van der Waals surface area contributed by atoms with E-state index in [1.165, 1.54) is 0 Å². The topological polar surface area (TPSA) is 32.9 Å². The minimum absolute atomic E-state index is 0.0818. The van der Waals surface area contributed by atoms with E-state index < -0.39 is 0 Å². The molecule has 2 aromatic rings. The number of aromatic amines is 1. The van der Waals surface area contributed by atoms with E-state index in [4.69, 9.17) is 7.85 Å². The van der Waals surface area contributed by atoms with Gasteiger partial charge in [0.25, 0.3) is 5.56 Å². The molecule has 0 atom stereocenters. The lowest BCUT2D eigenvalue weighted by Crippen LogP contribution is -2.15. The molecule has 0 aliphatic heterocycles. The fraction of sp³-hybridized carbons (Fsp3) is 0.250. The van der Waals surface area contributed by atoms with Crippen molar-refractivity contribution in [1.29, 1.82) is 0 Å². The standard InChI is InChI=1S/C12H12BNO/c1-7(2)8-3-4-9-10(5-8)12(15)14-6-11(9)13/h3-7H,1-2H3,(H,14,15). The third kappa shape index (κ3) is 1.69. The first kappa shape index (κ1) is 10.0. The molecule has 2 nitrogen and oxygen atoms in total. The molecule has 0 saturated carbocycles. The molecule has 0 amide bonds. The lowest BCUT2D eigenvalue weighted by atomic mass is 9.90. The summed E-state index contributed by atoms with van der Waals surface area (Å²) in [6.45, 7) is 4.20. The van der Waals surface area contributed by atoms with Crippen LogP contribution in [0.3, 0.4) is 0 Å². The van der Waals surface area contributed by atoms with E-state index in [0.29, 0.717) is 16.8 Å². The summed E-state index contributed by atoms with van der Waals surface area (Å²) in [5, 5.41) is 1.49. The van der Waals surface area contributed by atoms with Crippen molar-refractivity contribution in [3.8, 4) is 0 Å². The molecule has 0 aliphatic rings. The van der Waals surface area contributed by atoms with Crippen molar-refractivity contribution in [3.63, 3.8) is 0 Å². The summed E-state index contributed by atoms with van der Waals surface area (Å²) in [6.07, 6.45) is 1.54. The third-order valence-corrected chi connectivity index (χ3v) is 2.62. The highest BCUT2D eigenvalue weighted by atomic mass is 16.1. The number of fused-ring (bicyclic) bond motifs is 1. The number of hydrogen-bond donors (Lipinski definition) is 1. The Labute approximate surface area is 89.7 Å². The van der Waals surface area contributed by atoms with Crippen LogP contribution in [-0.4, -0.2) is 12.8 Å². The van der Waals surface area contributed by atoms with E-state index in [1.54, 1.807) is 6.20 Å². The molecule has 2 radical (unpaired) electrons. The van der Waals surface area contributed by atoms with Gasteiger partial charge in [-0.25, -0.2) is 0 Å². The summed E-state index contributed by atoms with van der Waals surface area (Å²) < 4.78 is 0. The predicted molar refractivity (Wildman–Crippen MR) is 64.0 cm³/mol. The van der Waals surface area contributed by atoms with Gasteiger partial charge in [0.05, 0.1) is 0 Å². The van der Waals surface area contributed by atoms with Crippen molar-refractivity contribution in [2.24, 2.45) is 0 Å². The summed E-state index contributed by atoms with van der Waals surface area (Å²) in [5.41, 5.74) is 1.68. The zero-order valence-electron chi connectivity index (χ0n) is 8.87. The third-order valence-electron chi connectivity index (χ3n) is 2.62. The molecule has 0 saturated heterocycles. The van der Waals surface area contributed by atoms with Crippen LogP contribution in [0.15, 0.2) is 29.2 Å². The van der Waals surface area contributed by atoms with E-state index in [9.17, 15) is 4.79 Å². The highest BCUT2D eigenvalue weighted by molar-refractivity contribution is 6.38. The Balaban J connectivity index is 2.82. The van der Waals surface area contributed by atoms with Gasteiger partial charge in [-0.15, -0.1) is 0 Å². The van der Waals surface area contributed by atoms with E-state index in [0.717, 1.165) is 10.9 Å². The van der Waals surface area contributed by atoms with Crippen LogP contribution in [0.2, 0.25) is 0 Å². The molecule has 0 unspecified atom stereocenters. The Morgan fingerprint density at radius 1 is 1.27 bits per heavy atom. The van der Waals surface area contributed by atoms with Gasteiger partial charge >= 0.3 is 0 Å². The number of H-pyrrole nitrogens is 1. The molecular formula is C12H12BNO. The summed E-state index contributed by atoms with van der Waals surface area (Å²) in [4.78, 5) is 14.2. The Morgan fingerprint density at radius 3 is 2.67 bits per heavy atom. The fourth-order valence-electron chi connectivity index (χ4n) is 1.66. The summed E-state index contributed by atoms with van der Waals surface area (Å²) in [5.74, 6) is 0.412. The first-order valence-corrected chi connectivity index (χ1v) is 5.00. The van der Waals surface area contributed by atoms with Crippen LogP contribution in [0.1, 0.15) is 25.3 Å². The van der Waals surface area contributed by atoms with Gasteiger partial charge in [0, 0.05) is 5.39 Å². The van der Waals surface area contributed by atoms with Crippen LogP contribution >= 0.6 is 0 Å². The largest absolute Gasteiger partial charge is 0.329 e. The molecule has 2 rings (SSSR count). The SMILES string of the molecule is [B]c1c[nH]c(=O)c2cc(C(C)C)ccc12. The van der Waals surface area contributed by atoms with Crippen LogP contribution < -0.4 is 11.0 Å². The van der Waals surface area contributed by atoms with Crippen LogP contribution in [-0.2, 0) is 0 Å². The zero-order chi connectivity index (χ0) is 11.0. The first-order chi connectivity index (χ1) is 7.09. The number of pyridine rings is 1. The molecule has 15 heavy (non-hydrogen) atoms. The van der Waals surface area contributed by atoms with E-state index in [-0.39, 0.29) is 5.56 Å². The van der Waals surface area contributed by atoms with Crippen molar-refractivity contribution in [3.05, 3.63) is 40.3 Å². The average molecular weight is 197 g/mol. The van der Waals surface area contributed by atoms with Gasteiger partial charge < -0.3 is 4.98 Å². The Hall–Kier alpha value is -1.51. The Bertz CT molecular complexity index is 557. The molecule has 1 aromatic heterocycles. The van der Waals surface area contributed by atoms with Gasteiger partial charge in [0.2, 0.25) is 0 Å². The molecule has 0 aliphatic carbocycles. The molecule has 1 heterocycles. The van der Waals surface area contributed by atoms with Gasteiger partial charge in [-0.05, 0) is 29.1 Å². The normalized spacial score (nSPS) is 11.1. The smallest absolute Gasteiger partial charge is 0.255 e. The van der Waals surface area contributed by atoms with Gasteiger partial charge in [-0.2, -0.15) is 0 Å². The quantitative estimate of drug-likeness (QED) is 0.689. The number of nitrogens with one attached hydrogen (secondary N) is 1. The lowest BCUT2D eigenvalue weighted by molar-refractivity contribution is 0.868. The number of benzene rings is 1. The fourth-order valence-corrected chi connectivity index (χ4v) is 1.66. The molecule has 3 heteroatoms. The van der Waals surface area contributed by atoms with Crippen LogP contribution in [0, 0.1) is 0 Å². The highest BCUT2D eigenvalue weighted by Gasteiger charge is 2.04. The van der Waals surface area contributed by atoms with Crippen LogP contribution in [0.4, 0.5) is 0 Å². The first-order valence-electron chi connectivity index (χ1n) is 5.00. The second kappa shape index (κ2) is 3.57. The second-order valence-corrected chi connectivity index (χ2v) is 4.03. The van der Waals surface area contributed by atoms with Gasteiger partial charge in [-0.3, -0.25) is 4.79 Å². The number of rotatable bonds is 1. The second-order valence-electron chi connectivity index (χ2n) is 4.03. The average Bonchev–Trinajstić information content (AvgIpc) is 2.23.